The number of benzene rings is 3. The van der Waals surface area contributed by atoms with Gasteiger partial charge in [0.15, 0.2) is 0 Å². The van der Waals surface area contributed by atoms with E-state index in [0.29, 0.717) is 12.0 Å². The summed E-state index contributed by atoms with van der Waals surface area (Å²) in [5.74, 6) is -0.387. The molecule has 248 valence electrons. The van der Waals surface area contributed by atoms with Crippen LogP contribution < -0.4 is 5.32 Å². The highest BCUT2D eigenvalue weighted by molar-refractivity contribution is 5.85. The summed E-state index contributed by atoms with van der Waals surface area (Å²) in [6, 6.07) is 19.0. The summed E-state index contributed by atoms with van der Waals surface area (Å²) >= 11 is 0. The molecule has 1 unspecified atom stereocenters. The summed E-state index contributed by atoms with van der Waals surface area (Å²) in [5, 5.41) is 3.61. The molecule has 0 bridgehead atoms. The molecule has 1 aliphatic heterocycles. The average Bonchev–Trinajstić information content (AvgIpc) is 3.00. The van der Waals surface area contributed by atoms with Crippen molar-refractivity contribution in [3.8, 4) is 0 Å². The van der Waals surface area contributed by atoms with Gasteiger partial charge in [-0.1, -0.05) is 49.4 Å². The van der Waals surface area contributed by atoms with Crippen molar-refractivity contribution in [3.05, 3.63) is 106 Å². The Bertz CT molecular complexity index is 1320. The Kier molecular flexibility index (Phi) is 12.4. The molecule has 45 heavy (non-hydrogen) atoms. The van der Waals surface area contributed by atoms with E-state index in [1.54, 1.807) is 6.92 Å². The lowest BCUT2D eigenvalue weighted by Gasteiger charge is -2.46. The van der Waals surface area contributed by atoms with Gasteiger partial charge in [0.1, 0.15) is 5.82 Å². The van der Waals surface area contributed by atoms with Crippen LogP contribution in [0.4, 0.5) is 30.7 Å². The molecule has 5 rings (SSSR count). The van der Waals surface area contributed by atoms with Crippen LogP contribution in [0, 0.1) is 5.82 Å². The van der Waals surface area contributed by atoms with Crippen molar-refractivity contribution in [2.45, 2.75) is 81.2 Å². The van der Waals surface area contributed by atoms with E-state index in [9.17, 15) is 30.7 Å². The van der Waals surface area contributed by atoms with E-state index in [1.165, 1.54) is 17.7 Å². The lowest BCUT2D eigenvalue weighted by atomic mass is 9.73. The third-order valence-electron chi connectivity index (χ3n) is 9.45. The van der Waals surface area contributed by atoms with Gasteiger partial charge in [0.2, 0.25) is 0 Å². The van der Waals surface area contributed by atoms with Gasteiger partial charge in [-0.3, -0.25) is 0 Å². The summed E-state index contributed by atoms with van der Waals surface area (Å²) in [6.45, 7) is 3.83. The second-order valence-corrected chi connectivity index (χ2v) is 12.2. The summed E-state index contributed by atoms with van der Waals surface area (Å²) in [7, 11) is 0. The van der Waals surface area contributed by atoms with Gasteiger partial charge >= 0.3 is 12.4 Å². The van der Waals surface area contributed by atoms with Crippen LogP contribution in [0.15, 0.2) is 72.8 Å². The van der Waals surface area contributed by atoms with Crippen molar-refractivity contribution in [2.24, 2.45) is 0 Å². The molecular weight excluding hydrogens is 640 g/mol. The van der Waals surface area contributed by atoms with Crippen molar-refractivity contribution in [1.82, 2.24) is 10.2 Å². The molecule has 1 saturated carbocycles. The maximum Gasteiger partial charge on any atom is 0.416 e. The first-order chi connectivity index (χ1) is 20.3. The third kappa shape index (κ3) is 8.93. The molecule has 3 aromatic rings. The van der Waals surface area contributed by atoms with Crippen LogP contribution in [0.5, 0.6) is 0 Å². The number of hydrogen-bond acceptors (Lipinski definition) is 2. The molecule has 0 amide bonds. The number of piperidine rings is 1. The summed E-state index contributed by atoms with van der Waals surface area (Å²) < 4.78 is 94.2. The van der Waals surface area contributed by atoms with Crippen LogP contribution in [0.2, 0.25) is 0 Å². The topological polar surface area (TPSA) is 15.3 Å². The second kappa shape index (κ2) is 15.1. The zero-order valence-corrected chi connectivity index (χ0v) is 26.6. The highest BCUT2D eigenvalue weighted by Gasteiger charge is 2.40. The SMILES string of the molecule is CC(CNC1(c2ccccc2)CCC(N2CCC(c3ccc(F)cc3)CC2)CC1)c1cc(C(F)(F)F)cc(C(F)(F)F)c1.Cl.Cl. The Morgan fingerprint density at radius 3 is 1.82 bits per heavy atom. The molecule has 11 heteroatoms. The van der Waals surface area contributed by atoms with Gasteiger partial charge < -0.3 is 10.2 Å². The first-order valence-electron chi connectivity index (χ1n) is 14.9. The van der Waals surface area contributed by atoms with Crippen LogP contribution in [0.25, 0.3) is 0 Å². The molecule has 1 saturated heterocycles. The fraction of sp³-hybridized carbons (Fsp3) is 0.471. The predicted octanol–water partition coefficient (Wildman–Crippen LogP) is 10.1. The fourth-order valence-corrected chi connectivity index (χ4v) is 6.85. The van der Waals surface area contributed by atoms with E-state index in [1.807, 2.05) is 42.5 Å². The van der Waals surface area contributed by atoms with Crippen LogP contribution in [0.1, 0.15) is 85.1 Å². The highest BCUT2D eigenvalue weighted by atomic mass is 35.5. The number of nitrogens with zero attached hydrogens (tertiary/aromatic N) is 1. The van der Waals surface area contributed by atoms with Crippen LogP contribution >= 0.6 is 24.8 Å². The van der Waals surface area contributed by atoms with Gasteiger partial charge in [-0.25, -0.2) is 4.39 Å². The van der Waals surface area contributed by atoms with Gasteiger partial charge in [0.25, 0.3) is 0 Å². The van der Waals surface area contributed by atoms with E-state index in [-0.39, 0.29) is 48.8 Å². The van der Waals surface area contributed by atoms with Crippen LogP contribution in [-0.4, -0.2) is 30.6 Å². The number of likely N-dealkylation sites (tertiary alicyclic amines) is 1. The lowest BCUT2D eigenvalue weighted by molar-refractivity contribution is -0.143. The van der Waals surface area contributed by atoms with Crippen molar-refractivity contribution >= 4 is 24.8 Å². The van der Waals surface area contributed by atoms with Crippen LogP contribution in [0.3, 0.4) is 0 Å². The highest BCUT2D eigenvalue weighted by Crippen LogP contribution is 2.42. The third-order valence-corrected chi connectivity index (χ3v) is 9.45. The maximum absolute atomic E-state index is 13.5. The zero-order chi connectivity index (χ0) is 30.8. The average molecular weight is 680 g/mol. The predicted molar refractivity (Wildman–Crippen MR) is 168 cm³/mol. The first-order valence-corrected chi connectivity index (χ1v) is 14.9. The van der Waals surface area contributed by atoms with Crippen molar-refractivity contribution in [3.63, 3.8) is 0 Å². The van der Waals surface area contributed by atoms with Crippen LogP contribution in [-0.2, 0) is 17.9 Å². The van der Waals surface area contributed by atoms with Crippen molar-refractivity contribution in [1.29, 1.82) is 0 Å². The number of nitrogens with one attached hydrogen (secondary N) is 1. The number of alkyl halides is 6. The molecule has 1 aliphatic carbocycles. The van der Waals surface area contributed by atoms with E-state index in [4.69, 9.17) is 0 Å². The fourth-order valence-electron chi connectivity index (χ4n) is 6.85. The van der Waals surface area contributed by atoms with Gasteiger partial charge in [-0.2, -0.15) is 26.3 Å². The van der Waals surface area contributed by atoms with E-state index < -0.39 is 34.9 Å². The van der Waals surface area contributed by atoms with E-state index in [2.05, 4.69) is 10.2 Å². The molecule has 2 nitrogen and oxygen atoms in total. The second-order valence-electron chi connectivity index (χ2n) is 12.2. The van der Waals surface area contributed by atoms with Gasteiger partial charge in [-0.15, -0.1) is 24.8 Å². The Morgan fingerprint density at radius 2 is 1.31 bits per heavy atom. The molecule has 2 aliphatic rings. The molecule has 2 fully saturated rings. The first kappa shape index (κ1) is 37.1. The molecule has 1 heterocycles. The molecule has 3 aromatic carbocycles. The minimum absolute atomic E-state index is 0. The Balaban J connectivity index is 0.00000276. The molecule has 1 atom stereocenters. The minimum atomic E-state index is -4.87. The zero-order valence-electron chi connectivity index (χ0n) is 24.9. The number of rotatable bonds is 7. The summed E-state index contributed by atoms with van der Waals surface area (Å²) in [5.41, 5.74) is -0.732. The van der Waals surface area contributed by atoms with Crippen molar-refractivity contribution in [2.75, 3.05) is 19.6 Å². The molecule has 0 spiro atoms. The smallest absolute Gasteiger partial charge is 0.307 e. The minimum Gasteiger partial charge on any atom is -0.307 e. The molecular formula is C34H39Cl2F7N2. The van der Waals surface area contributed by atoms with E-state index in [0.717, 1.165) is 69.3 Å². The number of halogens is 9. The molecule has 1 N–H and O–H groups in total. The Morgan fingerprint density at radius 1 is 0.778 bits per heavy atom. The molecule has 0 aromatic heterocycles. The van der Waals surface area contributed by atoms with Crippen molar-refractivity contribution < 1.29 is 30.7 Å². The quantitative estimate of drug-likeness (QED) is 0.250. The lowest BCUT2D eigenvalue weighted by Crippen LogP contribution is -2.51. The standard InChI is InChI=1S/C34H37F7N2.2ClH/c1-23(26-19-28(33(36,37)38)21-29(20-26)34(39,40)41)22-42-32(27-5-3-2-4-6-27)15-11-31(12-16-32)43-17-13-25(14-18-43)24-7-9-30(35)10-8-24;;/h2-10,19-21,23,25,31,42H,11-18,22H2,1H3;2*1H. The Hall–Kier alpha value is -2.33. The normalized spacial score (nSPS) is 22.3. The van der Waals surface area contributed by atoms with Gasteiger partial charge in [0.05, 0.1) is 11.1 Å². The monoisotopic (exact) mass is 678 g/mol. The van der Waals surface area contributed by atoms with Gasteiger partial charge in [0, 0.05) is 18.1 Å². The van der Waals surface area contributed by atoms with Gasteiger partial charge in [-0.05, 0) is 110 Å². The Labute approximate surface area is 272 Å². The largest absolute Gasteiger partial charge is 0.416 e. The number of hydrogen-bond donors (Lipinski definition) is 1. The summed E-state index contributed by atoms with van der Waals surface area (Å²) in [4.78, 5) is 2.54. The maximum atomic E-state index is 13.5. The molecule has 0 radical (unpaired) electrons. The summed E-state index contributed by atoms with van der Waals surface area (Å²) in [6.07, 6.45) is -4.25. The van der Waals surface area contributed by atoms with E-state index >= 15 is 0 Å².